The van der Waals surface area contributed by atoms with Crippen molar-refractivity contribution in [1.82, 2.24) is 0 Å². The molecule has 3 fully saturated rings. The summed E-state index contributed by atoms with van der Waals surface area (Å²) in [5.74, 6) is 2.42. The summed E-state index contributed by atoms with van der Waals surface area (Å²) in [6.45, 7) is 8.56. The van der Waals surface area contributed by atoms with Crippen molar-refractivity contribution in [3.05, 3.63) is 11.6 Å². The van der Waals surface area contributed by atoms with E-state index in [0.29, 0.717) is 11.8 Å². The van der Waals surface area contributed by atoms with Gasteiger partial charge in [-0.1, -0.05) is 25.5 Å². The maximum absolute atomic E-state index is 11.4. The van der Waals surface area contributed by atoms with Crippen LogP contribution in [0.1, 0.15) is 79.1 Å². The van der Waals surface area contributed by atoms with Crippen molar-refractivity contribution in [3.63, 3.8) is 0 Å². The number of carbonyl (C=O) groups is 1. The molecule has 0 aromatic rings. The highest BCUT2D eigenvalue weighted by Gasteiger charge is 2.61. The number of rotatable bonds is 3. The van der Waals surface area contributed by atoms with Gasteiger partial charge in [0.25, 0.3) is 0 Å². The lowest BCUT2D eigenvalue weighted by Gasteiger charge is -2.58. The van der Waals surface area contributed by atoms with Crippen LogP contribution >= 0.6 is 11.6 Å². The Balaban J connectivity index is 1.58. The number of esters is 1. The van der Waals surface area contributed by atoms with Gasteiger partial charge in [-0.25, -0.2) is 0 Å². The molecule has 0 saturated heterocycles. The van der Waals surface area contributed by atoms with Crippen molar-refractivity contribution >= 4 is 17.6 Å². The topological polar surface area (TPSA) is 46.5 Å². The van der Waals surface area contributed by atoms with Crippen LogP contribution in [0.25, 0.3) is 0 Å². The standard InChI is InChI=1S/C24H37ClO3/c1-15(27)28-17-9-11-22(2)16(13-17)5-6-18-19-7-8-21(24(4,25)14-26)23(19,3)12-10-20(18)22/h5,17-21,26H,6-14H2,1-4H3. The van der Waals surface area contributed by atoms with Gasteiger partial charge in [-0.3, -0.25) is 4.79 Å². The van der Waals surface area contributed by atoms with E-state index < -0.39 is 4.87 Å². The molecule has 4 aliphatic carbocycles. The fourth-order valence-electron chi connectivity index (χ4n) is 8.06. The molecule has 8 atom stereocenters. The van der Waals surface area contributed by atoms with E-state index in [1.54, 1.807) is 5.57 Å². The summed E-state index contributed by atoms with van der Waals surface area (Å²) in [6, 6.07) is 0. The molecule has 1 N–H and O–H groups in total. The van der Waals surface area contributed by atoms with Crippen LogP contribution in [0.4, 0.5) is 0 Å². The first-order chi connectivity index (χ1) is 13.1. The number of hydrogen-bond donors (Lipinski definition) is 1. The lowest BCUT2D eigenvalue weighted by Crippen LogP contribution is -2.52. The van der Waals surface area contributed by atoms with Crippen LogP contribution in [0, 0.1) is 34.5 Å². The van der Waals surface area contributed by atoms with Crippen molar-refractivity contribution in [2.75, 3.05) is 6.61 Å². The molecule has 4 rings (SSSR count). The molecule has 0 bridgehead atoms. The number of halogens is 1. The average molecular weight is 409 g/mol. The summed E-state index contributed by atoms with van der Waals surface area (Å²) in [4.78, 5) is 10.9. The van der Waals surface area contributed by atoms with Crippen LogP contribution in [0.2, 0.25) is 0 Å². The molecule has 0 amide bonds. The molecule has 0 spiro atoms. The summed E-state index contributed by atoms with van der Waals surface area (Å²) in [5, 5.41) is 9.90. The minimum absolute atomic E-state index is 0.0644. The fraction of sp³-hybridized carbons (Fsp3) is 0.875. The highest BCUT2D eigenvalue weighted by Crippen LogP contribution is 2.68. The van der Waals surface area contributed by atoms with E-state index in [1.807, 2.05) is 6.92 Å². The largest absolute Gasteiger partial charge is 0.462 e. The van der Waals surface area contributed by atoms with Crippen LogP contribution in [-0.2, 0) is 9.53 Å². The number of carbonyl (C=O) groups excluding carboxylic acids is 1. The van der Waals surface area contributed by atoms with Crippen molar-refractivity contribution in [1.29, 1.82) is 0 Å². The summed E-state index contributed by atoms with van der Waals surface area (Å²) in [5.41, 5.74) is 2.05. The molecule has 0 aromatic heterocycles. The predicted octanol–water partition coefficient (Wildman–Crippen LogP) is 5.49. The quantitative estimate of drug-likeness (QED) is 0.381. The molecular weight excluding hydrogens is 372 g/mol. The van der Waals surface area contributed by atoms with Crippen molar-refractivity contribution in [2.45, 2.75) is 90.0 Å². The Kier molecular flexibility index (Phi) is 5.19. The van der Waals surface area contributed by atoms with Gasteiger partial charge in [0.05, 0.1) is 11.5 Å². The number of allylic oxidation sites excluding steroid dienone is 1. The maximum Gasteiger partial charge on any atom is 0.302 e. The van der Waals surface area contributed by atoms with Crippen molar-refractivity contribution < 1.29 is 14.6 Å². The van der Waals surface area contributed by atoms with E-state index >= 15 is 0 Å². The Hall–Kier alpha value is -0.540. The monoisotopic (exact) mass is 408 g/mol. The normalized spacial score (nSPS) is 47.2. The number of aliphatic hydroxyl groups excluding tert-OH is 1. The van der Waals surface area contributed by atoms with Gasteiger partial charge in [0, 0.05) is 13.3 Å². The van der Waals surface area contributed by atoms with E-state index in [1.165, 1.54) is 26.2 Å². The summed E-state index contributed by atoms with van der Waals surface area (Å²) >= 11 is 6.80. The highest BCUT2D eigenvalue weighted by atomic mass is 35.5. The van der Waals surface area contributed by atoms with Crippen LogP contribution < -0.4 is 0 Å². The second-order valence-electron chi connectivity index (χ2n) is 10.8. The van der Waals surface area contributed by atoms with Gasteiger partial charge < -0.3 is 9.84 Å². The molecule has 28 heavy (non-hydrogen) atoms. The van der Waals surface area contributed by atoms with Gasteiger partial charge >= 0.3 is 5.97 Å². The number of fused-ring (bicyclic) bond motifs is 5. The number of aliphatic hydroxyl groups is 1. The molecule has 0 aromatic carbocycles. The SMILES string of the molecule is CC(=O)OC1CCC2(C)C(=CCC3C2CCC2(C)C3CCC2C(C)(Cl)CO)C1. The van der Waals surface area contributed by atoms with Crippen molar-refractivity contribution in [3.8, 4) is 0 Å². The third-order valence-corrected chi connectivity index (χ3v) is 9.81. The summed E-state index contributed by atoms with van der Waals surface area (Å²) in [7, 11) is 0. The highest BCUT2D eigenvalue weighted by molar-refractivity contribution is 6.24. The molecule has 0 aliphatic heterocycles. The molecular formula is C24H37ClO3. The first kappa shape index (κ1) is 20.7. The van der Waals surface area contributed by atoms with E-state index in [-0.39, 0.29) is 29.5 Å². The number of alkyl halides is 1. The lowest BCUT2D eigenvalue weighted by atomic mass is 9.47. The first-order valence-electron chi connectivity index (χ1n) is 11.3. The Morgan fingerprint density at radius 1 is 1.25 bits per heavy atom. The van der Waals surface area contributed by atoms with E-state index in [2.05, 4.69) is 19.9 Å². The first-order valence-corrected chi connectivity index (χ1v) is 11.7. The zero-order chi connectivity index (χ0) is 20.3. The van der Waals surface area contributed by atoms with Crippen molar-refractivity contribution in [2.24, 2.45) is 34.5 Å². The fourth-order valence-corrected chi connectivity index (χ4v) is 8.42. The molecule has 0 heterocycles. The Morgan fingerprint density at radius 3 is 2.68 bits per heavy atom. The third kappa shape index (κ3) is 3.07. The minimum atomic E-state index is -0.502. The number of ether oxygens (including phenoxy) is 1. The van der Waals surface area contributed by atoms with Crippen LogP contribution in [0.5, 0.6) is 0 Å². The van der Waals surface area contributed by atoms with Gasteiger partial charge in [0.2, 0.25) is 0 Å². The average Bonchev–Trinajstić information content (AvgIpc) is 2.99. The molecule has 3 nitrogen and oxygen atoms in total. The minimum Gasteiger partial charge on any atom is -0.462 e. The van der Waals surface area contributed by atoms with Crippen LogP contribution in [0.15, 0.2) is 11.6 Å². The smallest absolute Gasteiger partial charge is 0.302 e. The molecule has 4 aliphatic rings. The molecule has 3 saturated carbocycles. The third-order valence-electron chi connectivity index (χ3n) is 9.43. The van der Waals surface area contributed by atoms with Gasteiger partial charge in [-0.2, -0.15) is 0 Å². The molecule has 0 radical (unpaired) electrons. The Labute approximate surface area is 175 Å². The van der Waals surface area contributed by atoms with Crippen LogP contribution in [0.3, 0.4) is 0 Å². The van der Waals surface area contributed by atoms with E-state index in [0.717, 1.165) is 43.9 Å². The molecule has 158 valence electrons. The summed E-state index contributed by atoms with van der Waals surface area (Å²) < 4.78 is 5.55. The molecule has 8 unspecified atom stereocenters. The second-order valence-corrected chi connectivity index (χ2v) is 11.7. The second kappa shape index (κ2) is 7.01. The van der Waals surface area contributed by atoms with Crippen LogP contribution in [-0.4, -0.2) is 28.7 Å². The zero-order valence-electron chi connectivity index (χ0n) is 18.0. The van der Waals surface area contributed by atoms with Gasteiger partial charge in [-0.05, 0) is 86.4 Å². The van der Waals surface area contributed by atoms with Gasteiger partial charge in [0.15, 0.2) is 0 Å². The van der Waals surface area contributed by atoms with E-state index in [4.69, 9.17) is 16.3 Å². The van der Waals surface area contributed by atoms with Gasteiger partial charge in [-0.15, -0.1) is 11.6 Å². The molecule has 4 heteroatoms. The Bertz CT molecular complexity index is 671. The maximum atomic E-state index is 11.4. The summed E-state index contributed by atoms with van der Waals surface area (Å²) in [6.07, 6.45) is 11.7. The zero-order valence-corrected chi connectivity index (χ0v) is 18.7. The Morgan fingerprint density at radius 2 is 2.00 bits per heavy atom. The number of hydrogen-bond acceptors (Lipinski definition) is 3. The predicted molar refractivity (Wildman–Crippen MR) is 112 cm³/mol. The lowest BCUT2D eigenvalue weighted by molar-refractivity contribution is -0.148. The van der Waals surface area contributed by atoms with E-state index in [9.17, 15) is 9.90 Å². The van der Waals surface area contributed by atoms with Gasteiger partial charge in [0.1, 0.15) is 6.10 Å².